The van der Waals surface area contributed by atoms with E-state index in [0.29, 0.717) is 18.9 Å². The van der Waals surface area contributed by atoms with Crippen LogP contribution in [0.15, 0.2) is 35.7 Å². The zero-order valence-corrected chi connectivity index (χ0v) is 16.2. The zero-order chi connectivity index (χ0) is 18.3. The molecule has 0 bridgehead atoms. The first-order valence-corrected chi connectivity index (χ1v) is 11.0. The number of carbonyl (C=O) groups is 1. The fourth-order valence-corrected chi connectivity index (χ4v) is 4.58. The molecule has 0 spiro atoms. The molecule has 1 aromatic heterocycles. The van der Waals surface area contributed by atoms with Gasteiger partial charge in [0.1, 0.15) is 0 Å². The van der Waals surface area contributed by atoms with Crippen LogP contribution in [-0.4, -0.2) is 31.6 Å². The molecule has 1 aromatic carbocycles. The Balaban J connectivity index is 1.70. The molecule has 0 unspecified atom stereocenters. The predicted octanol–water partition coefficient (Wildman–Crippen LogP) is 2.93. The quantitative estimate of drug-likeness (QED) is 0.679. The summed E-state index contributed by atoms with van der Waals surface area (Å²) < 4.78 is 24.2. The van der Waals surface area contributed by atoms with E-state index in [-0.39, 0.29) is 23.8 Å². The van der Waals surface area contributed by atoms with Crippen LogP contribution in [0.3, 0.4) is 0 Å². The number of amides is 1. The Bertz CT molecular complexity index is 784. The van der Waals surface area contributed by atoms with Crippen molar-refractivity contribution in [3.8, 4) is 0 Å². The van der Waals surface area contributed by atoms with E-state index in [1.165, 1.54) is 0 Å². The van der Waals surface area contributed by atoms with Crippen LogP contribution in [0.4, 0.5) is 0 Å². The van der Waals surface area contributed by atoms with Gasteiger partial charge in [0.05, 0.1) is 28.6 Å². The van der Waals surface area contributed by atoms with Crippen molar-refractivity contribution >= 4 is 27.1 Å². The number of hydrogen-bond donors (Lipinski definition) is 1. The van der Waals surface area contributed by atoms with Gasteiger partial charge < -0.3 is 5.32 Å². The van der Waals surface area contributed by atoms with Crippen LogP contribution in [0.5, 0.6) is 0 Å². The van der Waals surface area contributed by atoms with Crippen molar-refractivity contribution in [2.45, 2.75) is 38.4 Å². The van der Waals surface area contributed by atoms with Gasteiger partial charge in [-0.05, 0) is 12.0 Å². The fourth-order valence-electron chi connectivity index (χ4n) is 2.32. The first-order chi connectivity index (χ1) is 11.9. The minimum Gasteiger partial charge on any atom is -0.356 e. The van der Waals surface area contributed by atoms with E-state index < -0.39 is 9.84 Å². The SMILES string of the molecule is CC(C)c1nc(CC(=O)NCCCS(=O)(=O)Cc2ccccc2)cs1. The minimum atomic E-state index is -3.16. The van der Waals surface area contributed by atoms with Crippen LogP contribution in [0.25, 0.3) is 0 Å². The highest BCUT2D eigenvalue weighted by atomic mass is 32.2. The van der Waals surface area contributed by atoms with E-state index in [4.69, 9.17) is 0 Å². The maximum absolute atomic E-state index is 12.1. The van der Waals surface area contributed by atoms with Crippen molar-refractivity contribution < 1.29 is 13.2 Å². The van der Waals surface area contributed by atoms with Crippen molar-refractivity contribution in [2.24, 2.45) is 0 Å². The lowest BCUT2D eigenvalue weighted by Gasteiger charge is -2.06. The fraction of sp³-hybridized carbons (Fsp3) is 0.444. The maximum atomic E-state index is 12.1. The molecule has 0 aliphatic heterocycles. The normalized spacial score (nSPS) is 11.6. The highest BCUT2D eigenvalue weighted by Crippen LogP contribution is 2.19. The summed E-state index contributed by atoms with van der Waals surface area (Å²) in [4.78, 5) is 16.3. The molecule has 1 heterocycles. The van der Waals surface area contributed by atoms with Gasteiger partial charge in [-0.15, -0.1) is 11.3 Å². The monoisotopic (exact) mass is 380 g/mol. The van der Waals surface area contributed by atoms with Gasteiger partial charge in [0.15, 0.2) is 9.84 Å². The van der Waals surface area contributed by atoms with Gasteiger partial charge >= 0.3 is 0 Å². The third-order valence-electron chi connectivity index (χ3n) is 3.59. The third kappa shape index (κ3) is 6.96. The molecule has 136 valence electrons. The van der Waals surface area contributed by atoms with Gasteiger partial charge in [0.25, 0.3) is 0 Å². The summed E-state index contributed by atoms with van der Waals surface area (Å²) in [6.45, 7) is 4.49. The third-order valence-corrected chi connectivity index (χ3v) is 6.47. The molecule has 0 aliphatic rings. The molecule has 0 fully saturated rings. The van der Waals surface area contributed by atoms with Crippen LogP contribution >= 0.6 is 11.3 Å². The first-order valence-electron chi connectivity index (χ1n) is 8.31. The molecular formula is C18H24N2O3S2. The summed E-state index contributed by atoms with van der Waals surface area (Å²) in [5, 5.41) is 5.69. The maximum Gasteiger partial charge on any atom is 0.226 e. The molecular weight excluding hydrogens is 356 g/mol. The highest BCUT2D eigenvalue weighted by Gasteiger charge is 2.13. The smallest absolute Gasteiger partial charge is 0.226 e. The van der Waals surface area contributed by atoms with Gasteiger partial charge in [-0.25, -0.2) is 13.4 Å². The van der Waals surface area contributed by atoms with Crippen LogP contribution < -0.4 is 5.32 Å². The molecule has 0 aliphatic carbocycles. The Labute approximate surface area is 153 Å². The Hall–Kier alpha value is -1.73. The van der Waals surface area contributed by atoms with Gasteiger partial charge in [-0.3, -0.25) is 4.79 Å². The largest absolute Gasteiger partial charge is 0.356 e. The Kier molecular flexibility index (Phi) is 7.13. The van der Waals surface area contributed by atoms with Crippen molar-refractivity contribution in [2.75, 3.05) is 12.3 Å². The van der Waals surface area contributed by atoms with Crippen molar-refractivity contribution in [1.82, 2.24) is 10.3 Å². The van der Waals surface area contributed by atoms with E-state index in [0.717, 1.165) is 16.3 Å². The molecule has 0 radical (unpaired) electrons. The van der Waals surface area contributed by atoms with Gasteiger partial charge in [0, 0.05) is 17.8 Å². The summed E-state index contributed by atoms with van der Waals surface area (Å²) in [5.41, 5.74) is 1.55. The number of rotatable bonds is 9. The van der Waals surface area contributed by atoms with Gasteiger partial charge in [0.2, 0.25) is 5.91 Å². The van der Waals surface area contributed by atoms with E-state index in [1.54, 1.807) is 23.5 Å². The Morgan fingerprint density at radius 3 is 2.60 bits per heavy atom. The van der Waals surface area contributed by atoms with Crippen LogP contribution in [-0.2, 0) is 26.8 Å². The summed E-state index contributed by atoms with van der Waals surface area (Å²) in [6, 6.07) is 9.12. The van der Waals surface area contributed by atoms with E-state index in [9.17, 15) is 13.2 Å². The summed E-state index contributed by atoms with van der Waals surface area (Å²) in [7, 11) is -3.16. The van der Waals surface area contributed by atoms with E-state index in [2.05, 4.69) is 24.1 Å². The number of hydrogen-bond acceptors (Lipinski definition) is 5. The number of benzene rings is 1. The molecule has 1 N–H and O–H groups in total. The lowest BCUT2D eigenvalue weighted by Crippen LogP contribution is -2.27. The van der Waals surface area contributed by atoms with Gasteiger partial charge in [-0.2, -0.15) is 0 Å². The molecule has 0 saturated carbocycles. The standard InChI is InChI=1S/C18H24N2O3S2/c1-14(2)18-20-16(12-24-18)11-17(21)19-9-6-10-25(22,23)13-15-7-4-3-5-8-15/h3-5,7-8,12,14H,6,9-11,13H2,1-2H3,(H,19,21). The first kappa shape index (κ1) is 19.6. The zero-order valence-electron chi connectivity index (χ0n) is 14.6. The van der Waals surface area contributed by atoms with E-state index in [1.807, 2.05) is 23.6 Å². The summed E-state index contributed by atoms with van der Waals surface area (Å²) >= 11 is 1.56. The lowest BCUT2D eigenvalue weighted by atomic mass is 10.2. The average molecular weight is 381 g/mol. The minimum absolute atomic E-state index is 0.0403. The Morgan fingerprint density at radius 1 is 1.24 bits per heavy atom. The van der Waals surface area contributed by atoms with Crippen LogP contribution in [0.1, 0.15) is 42.5 Å². The highest BCUT2D eigenvalue weighted by molar-refractivity contribution is 7.90. The molecule has 0 atom stereocenters. The molecule has 1 amide bonds. The summed E-state index contributed by atoms with van der Waals surface area (Å²) in [6.07, 6.45) is 0.648. The number of sulfone groups is 1. The van der Waals surface area contributed by atoms with Crippen molar-refractivity contribution in [3.05, 3.63) is 52.0 Å². The second-order valence-corrected chi connectivity index (χ2v) is 9.36. The molecule has 5 nitrogen and oxygen atoms in total. The summed E-state index contributed by atoms with van der Waals surface area (Å²) in [5.74, 6) is 0.340. The number of thiazole rings is 1. The topological polar surface area (TPSA) is 76.1 Å². The average Bonchev–Trinajstić information content (AvgIpc) is 3.01. The number of aromatic nitrogens is 1. The number of nitrogens with one attached hydrogen (secondary N) is 1. The van der Waals surface area contributed by atoms with Crippen LogP contribution in [0.2, 0.25) is 0 Å². The predicted molar refractivity (Wildman–Crippen MR) is 101 cm³/mol. The van der Waals surface area contributed by atoms with Gasteiger partial charge in [-0.1, -0.05) is 44.2 Å². The molecule has 7 heteroatoms. The molecule has 25 heavy (non-hydrogen) atoms. The number of nitrogens with zero attached hydrogens (tertiary/aromatic N) is 1. The Morgan fingerprint density at radius 2 is 1.96 bits per heavy atom. The van der Waals surface area contributed by atoms with Crippen LogP contribution in [0, 0.1) is 0 Å². The number of carbonyl (C=O) groups excluding carboxylic acids is 1. The second kappa shape index (κ2) is 9.10. The van der Waals surface area contributed by atoms with E-state index >= 15 is 0 Å². The molecule has 0 saturated heterocycles. The lowest BCUT2D eigenvalue weighted by molar-refractivity contribution is -0.120. The molecule has 2 aromatic rings. The van der Waals surface area contributed by atoms with Crippen molar-refractivity contribution in [3.63, 3.8) is 0 Å². The van der Waals surface area contributed by atoms with Crippen molar-refractivity contribution in [1.29, 1.82) is 0 Å². The second-order valence-electron chi connectivity index (χ2n) is 6.29. The molecule has 2 rings (SSSR count).